The number of benzene rings is 6. The molecule has 0 aliphatic rings. The second-order valence-electron chi connectivity index (χ2n) is 11.3. The van der Waals surface area contributed by atoms with Gasteiger partial charge in [-0.25, -0.2) is 4.98 Å². The number of nitrogens with zero attached hydrogens (tertiary/aromatic N) is 4. The monoisotopic (exact) mass is 584 g/mol. The van der Waals surface area contributed by atoms with E-state index in [2.05, 4.69) is 130 Å². The number of rotatable bonds is 4. The summed E-state index contributed by atoms with van der Waals surface area (Å²) >= 11 is 0. The molecule has 4 heteroatoms. The minimum atomic E-state index is 0.394. The van der Waals surface area contributed by atoms with Gasteiger partial charge in [0.05, 0.1) is 0 Å². The van der Waals surface area contributed by atoms with E-state index < -0.39 is 0 Å². The van der Waals surface area contributed by atoms with Crippen molar-refractivity contribution in [3.63, 3.8) is 0 Å². The van der Waals surface area contributed by atoms with Crippen LogP contribution in [-0.2, 0) is 0 Å². The highest BCUT2D eigenvalue weighted by atomic mass is 14.8. The molecule has 0 aliphatic carbocycles. The molecule has 0 N–H and O–H groups in total. The van der Waals surface area contributed by atoms with Gasteiger partial charge in [-0.1, -0.05) is 91.5 Å². The summed E-state index contributed by atoms with van der Waals surface area (Å²) < 4.78 is 0. The number of fused-ring (bicyclic) bond motifs is 6. The Labute approximate surface area is 266 Å². The third-order valence-corrected chi connectivity index (χ3v) is 8.63. The molecule has 0 saturated heterocycles. The summed E-state index contributed by atoms with van der Waals surface area (Å²) in [6, 6.07) is 48.7. The zero-order valence-electron chi connectivity index (χ0n) is 24.6. The first-order valence-electron chi connectivity index (χ1n) is 15.0. The highest BCUT2D eigenvalue weighted by Gasteiger charge is 2.12. The first kappa shape index (κ1) is 27.0. The number of hydrogen-bond donors (Lipinski definition) is 0. The van der Waals surface area contributed by atoms with Crippen molar-refractivity contribution in [3.8, 4) is 50.6 Å². The lowest BCUT2D eigenvalue weighted by atomic mass is 9.90. The van der Waals surface area contributed by atoms with E-state index in [1.807, 2.05) is 24.3 Å². The quantitative estimate of drug-likeness (QED) is 0.153. The van der Waals surface area contributed by atoms with Crippen LogP contribution >= 0.6 is 0 Å². The third-order valence-electron chi connectivity index (χ3n) is 8.63. The molecule has 212 valence electrons. The Morgan fingerprint density at radius 2 is 0.891 bits per heavy atom. The predicted octanol–water partition coefficient (Wildman–Crippen LogP) is 11.0. The van der Waals surface area contributed by atoms with Crippen LogP contribution in [0, 0.1) is 17.9 Å². The maximum atomic E-state index is 9.32. The number of nitriles is 1. The average Bonchev–Trinajstić information content (AvgIpc) is 3.14. The molecule has 0 saturated carbocycles. The van der Waals surface area contributed by atoms with Gasteiger partial charge in [-0.3, -0.25) is 0 Å². The molecule has 0 unspecified atom stereocenters. The Kier molecular flexibility index (Phi) is 6.53. The maximum absolute atomic E-state index is 9.32. The predicted molar refractivity (Wildman–Crippen MR) is 187 cm³/mol. The zero-order chi connectivity index (χ0) is 31.0. The van der Waals surface area contributed by atoms with Crippen molar-refractivity contribution in [2.45, 2.75) is 0 Å². The molecule has 46 heavy (non-hydrogen) atoms. The van der Waals surface area contributed by atoms with Gasteiger partial charge in [0.1, 0.15) is 18.0 Å². The zero-order valence-corrected chi connectivity index (χ0v) is 24.6. The van der Waals surface area contributed by atoms with Crippen molar-refractivity contribution < 1.29 is 0 Å². The summed E-state index contributed by atoms with van der Waals surface area (Å²) in [5.41, 5.74) is 8.98. The van der Waals surface area contributed by atoms with E-state index in [4.69, 9.17) is 6.57 Å². The van der Waals surface area contributed by atoms with Crippen molar-refractivity contribution in [1.82, 2.24) is 9.97 Å². The van der Waals surface area contributed by atoms with Gasteiger partial charge in [0, 0.05) is 6.20 Å². The van der Waals surface area contributed by atoms with Crippen LogP contribution in [0.1, 0.15) is 5.69 Å². The normalized spacial score (nSPS) is 11.0. The van der Waals surface area contributed by atoms with Gasteiger partial charge in [-0.05, 0) is 125 Å². The van der Waals surface area contributed by atoms with Gasteiger partial charge in [0.15, 0.2) is 0 Å². The molecule has 0 atom stereocenters. The van der Waals surface area contributed by atoms with E-state index in [1.54, 1.807) is 12.4 Å². The molecular formula is C42H24N4. The van der Waals surface area contributed by atoms with Crippen LogP contribution in [0.25, 0.3) is 81.7 Å². The maximum Gasteiger partial charge on any atom is 0.270 e. The molecule has 4 nitrogen and oxygen atoms in total. The summed E-state index contributed by atoms with van der Waals surface area (Å²) in [6.45, 7) is 7.34. The van der Waals surface area contributed by atoms with Gasteiger partial charge >= 0.3 is 0 Å². The fourth-order valence-electron chi connectivity index (χ4n) is 6.40. The van der Waals surface area contributed by atoms with Crippen molar-refractivity contribution in [1.29, 1.82) is 5.26 Å². The Bertz CT molecular complexity index is 2370. The van der Waals surface area contributed by atoms with Gasteiger partial charge in [-0.15, -0.1) is 4.98 Å². The average molecular weight is 585 g/mol. The number of pyridine rings is 2. The minimum absolute atomic E-state index is 0.394. The summed E-state index contributed by atoms with van der Waals surface area (Å²) in [5, 5.41) is 16.6. The molecular weight excluding hydrogens is 560 g/mol. The van der Waals surface area contributed by atoms with E-state index in [-0.39, 0.29) is 0 Å². The first-order valence-corrected chi connectivity index (χ1v) is 15.0. The lowest BCUT2D eigenvalue weighted by molar-refractivity contribution is 1.26. The summed E-state index contributed by atoms with van der Waals surface area (Å²) in [5.74, 6) is 0.394. The standard InChI is InChI=1S/C42H24N4/c1-44-42-25-34(17-19-46-42)30-9-5-7-28(21-30)32-13-15-39-38-14-12-31(23-40(38)36-10-2-3-11-37(36)41(39)24-32)27-6-4-8-29(20-27)33-16-18-45-35(22-33)26-43/h2-25H. The number of hydrogen-bond acceptors (Lipinski definition) is 3. The van der Waals surface area contributed by atoms with Crippen molar-refractivity contribution in [3.05, 3.63) is 163 Å². The van der Waals surface area contributed by atoms with E-state index in [1.165, 1.54) is 32.3 Å². The van der Waals surface area contributed by atoms with Crippen LogP contribution in [0.5, 0.6) is 0 Å². The van der Waals surface area contributed by atoms with E-state index in [0.29, 0.717) is 11.5 Å². The van der Waals surface area contributed by atoms with Crippen LogP contribution in [-0.4, -0.2) is 9.97 Å². The van der Waals surface area contributed by atoms with Crippen LogP contribution in [0.4, 0.5) is 5.82 Å². The van der Waals surface area contributed by atoms with Gasteiger partial charge in [-0.2, -0.15) is 5.26 Å². The molecule has 6 aromatic carbocycles. The molecule has 8 aromatic rings. The molecule has 0 bridgehead atoms. The molecule has 0 radical (unpaired) electrons. The smallest absolute Gasteiger partial charge is 0.270 e. The fraction of sp³-hybridized carbons (Fsp3) is 0. The van der Waals surface area contributed by atoms with Crippen molar-refractivity contribution in [2.75, 3.05) is 0 Å². The summed E-state index contributed by atoms with van der Waals surface area (Å²) in [6.07, 6.45) is 3.38. The second kappa shape index (κ2) is 11.1. The molecule has 2 aromatic heterocycles. The van der Waals surface area contributed by atoms with Crippen molar-refractivity contribution >= 4 is 38.1 Å². The SMILES string of the molecule is [C-]#[N+]c1cc(-c2cccc(-c3ccc4c5ccc(-c6cccc(-c7ccnc(C#N)c7)c6)cc5c5ccccc5c4c3)c2)ccn1. The van der Waals surface area contributed by atoms with E-state index in [0.717, 1.165) is 44.5 Å². The molecule has 0 amide bonds. The third kappa shape index (κ3) is 4.72. The molecule has 8 rings (SSSR count). The van der Waals surface area contributed by atoms with Gasteiger partial charge < -0.3 is 4.85 Å². The largest absolute Gasteiger partial charge is 0.361 e. The van der Waals surface area contributed by atoms with Crippen LogP contribution in [0.2, 0.25) is 0 Å². The minimum Gasteiger partial charge on any atom is -0.361 e. The summed E-state index contributed by atoms with van der Waals surface area (Å²) in [7, 11) is 0. The molecule has 0 fully saturated rings. The number of aromatic nitrogens is 2. The first-order chi connectivity index (χ1) is 22.7. The summed E-state index contributed by atoms with van der Waals surface area (Å²) in [4.78, 5) is 11.8. The lowest BCUT2D eigenvalue weighted by Crippen LogP contribution is -1.88. The molecule has 0 spiro atoms. The fourth-order valence-corrected chi connectivity index (χ4v) is 6.40. The van der Waals surface area contributed by atoms with Crippen LogP contribution in [0.15, 0.2) is 146 Å². The Balaban J connectivity index is 1.25. The van der Waals surface area contributed by atoms with E-state index in [9.17, 15) is 5.26 Å². The topological polar surface area (TPSA) is 53.9 Å². The Morgan fingerprint density at radius 1 is 0.435 bits per heavy atom. The van der Waals surface area contributed by atoms with Gasteiger partial charge in [0.2, 0.25) is 0 Å². The highest BCUT2D eigenvalue weighted by molar-refractivity contribution is 6.26. The molecule has 2 heterocycles. The molecule has 0 aliphatic heterocycles. The second-order valence-corrected chi connectivity index (χ2v) is 11.3. The van der Waals surface area contributed by atoms with Gasteiger partial charge in [0.25, 0.3) is 5.82 Å². The Morgan fingerprint density at radius 3 is 1.41 bits per heavy atom. The Hall–Kier alpha value is -6.62. The van der Waals surface area contributed by atoms with Crippen molar-refractivity contribution in [2.24, 2.45) is 0 Å². The van der Waals surface area contributed by atoms with E-state index >= 15 is 0 Å². The highest BCUT2D eigenvalue weighted by Crippen LogP contribution is 2.39. The van der Waals surface area contributed by atoms with Crippen LogP contribution in [0.3, 0.4) is 0 Å². The van der Waals surface area contributed by atoms with Crippen LogP contribution < -0.4 is 0 Å². The lowest BCUT2D eigenvalue weighted by Gasteiger charge is -2.14.